The van der Waals surface area contributed by atoms with E-state index in [2.05, 4.69) is 36.6 Å². The molecule has 1 saturated carbocycles. The molecule has 2 aliphatic rings. The van der Waals surface area contributed by atoms with E-state index in [9.17, 15) is 0 Å². The zero-order valence-corrected chi connectivity index (χ0v) is 12.1. The van der Waals surface area contributed by atoms with E-state index in [1.807, 2.05) is 22.8 Å². The number of pyridine rings is 1. The molecule has 2 aromatic rings. The lowest BCUT2D eigenvalue weighted by atomic mass is 9.94. The van der Waals surface area contributed by atoms with Gasteiger partial charge in [-0.15, -0.1) is 5.10 Å². The number of rotatable bonds is 2. The molecular weight excluding hydrogens is 306 g/mol. The number of halogens is 1. The smallest absolute Gasteiger partial charge is 0.243 e. The predicted molar refractivity (Wildman–Crippen MR) is 77.2 cm³/mol. The largest absolute Gasteiger partial charge is 0.350 e. The number of aromatic nitrogens is 3. The summed E-state index contributed by atoms with van der Waals surface area (Å²) in [5.41, 5.74) is 0.867. The van der Waals surface area contributed by atoms with Gasteiger partial charge in [-0.3, -0.25) is 0 Å². The Morgan fingerprint density at radius 1 is 1.32 bits per heavy atom. The zero-order valence-electron chi connectivity index (χ0n) is 10.5. The lowest BCUT2D eigenvalue weighted by Crippen LogP contribution is -2.45. The summed E-state index contributed by atoms with van der Waals surface area (Å²) in [5, 5.41) is 11.6. The van der Waals surface area contributed by atoms with Gasteiger partial charge in [0, 0.05) is 12.2 Å². The summed E-state index contributed by atoms with van der Waals surface area (Å²) in [6.45, 7) is 2.23. The Kier molecular flexibility index (Phi) is 2.73. The van der Waals surface area contributed by atoms with Crippen LogP contribution in [0, 0.1) is 11.8 Å². The third-order valence-corrected chi connectivity index (χ3v) is 4.97. The van der Waals surface area contributed by atoms with Crippen LogP contribution in [0.2, 0.25) is 0 Å². The average Bonchev–Trinajstić information content (AvgIpc) is 2.89. The molecule has 4 rings (SSSR count). The Bertz CT molecular complexity index is 594. The van der Waals surface area contributed by atoms with Crippen molar-refractivity contribution < 1.29 is 0 Å². The minimum Gasteiger partial charge on any atom is -0.350 e. The van der Waals surface area contributed by atoms with Crippen LogP contribution < -0.4 is 10.6 Å². The molecule has 19 heavy (non-hydrogen) atoms. The maximum absolute atomic E-state index is 4.58. The van der Waals surface area contributed by atoms with Crippen LogP contribution in [0.1, 0.15) is 12.8 Å². The summed E-state index contributed by atoms with van der Waals surface area (Å²) < 4.78 is 2.79. The van der Waals surface area contributed by atoms with Gasteiger partial charge in [-0.1, -0.05) is 0 Å². The van der Waals surface area contributed by atoms with Gasteiger partial charge in [0.05, 0.1) is 4.47 Å². The number of piperidine rings is 1. The molecule has 3 atom stereocenters. The van der Waals surface area contributed by atoms with E-state index in [0.29, 0.717) is 17.9 Å². The van der Waals surface area contributed by atoms with Crippen molar-refractivity contribution in [3.8, 4) is 0 Å². The lowest BCUT2D eigenvalue weighted by molar-refractivity contribution is 0.341. The Balaban J connectivity index is 1.63. The molecule has 2 N–H and O–H groups in total. The van der Waals surface area contributed by atoms with Gasteiger partial charge in [0.15, 0.2) is 5.65 Å². The average molecular weight is 322 g/mol. The van der Waals surface area contributed by atoms with Gasteiger partial charge in [-0.2, -0.15) is 4.98 Å². The van der Waals surface area contributed by atoms with Crippen molar-refractivity contribution in [3.05, 3.63) is 22.8 Å². The highest BCUT2D eigenvalue weighted by Gasteiger charge is 2.39. The van der Waals surface area contributed by atoms with Crippen LogP contribution in [0.3, 0.4) is 0 Å². The van der Waals surface area contributed by atoms with Gasteiger partial charge in [-0.25, -0.2) is 4.52 Å². The fourth-order valence-corrected chi connectivity index (χ4v) is 3.83. The number of fused-ring (bicyclic) bond motifs is 3. The van der Waals surface area contributed by atoms with E-state index in [4.69, 9.17) is 0 Å². The van der Waals surface area contributed by atoms with Crippen molar-refractivity contribution in [1.82, 2.24) is 19.9 Å². The molecule has 0 radical (unpaired) electrons. The fraction of sp³-hybridized carbons (Fsp3) is 0.538. The standard InChI is InChI=1S/C13H16BrN5/c14-10-2-1-5-19-12(10)17-13(18-19)16-11-8-3-4-9(11)7-15-6-8/h1-2,5,8-9,11,15H,3-4,6-7H2,(H,16,18)/t8-,9?,11?/m0/s1. The van der Waals surface area contributed by atoms with E-state index >= 15 is 0 Å². The molecule has 2 fully saturated rings. The second-order valence-corrected chi connectivity index (χ2v) is 6.34. The summed E-state index contributed by atoms with van der Waals surface area (Å²) >= 11 is 3.51. The predicted octanol–water partition coefficient (Wildman–Crippen LogP) is 1.90. The van der Waals surface area contributed by atoms with Gasteiger partial charge in [0.2, 0.25) is 5.95 Å². The number of hydrogen-bond donors (Lipinski definition) is 2. The van der Waals surface area contributed by atoms with Crippen molar-refractivity contribution in [2.24, 2.45) is 11.8 Å². The summed E-state index contributed by atoms with van der Waals surface area (Å²) in [6, 6.07) is 4.48. The normalized spacial score (nSPS) is 29.8. The van der Waals surface area contributed by atoms with Crippen LogP contribution >= 0.6 is 15.9 Å². The Morgan fingerprint density at radius 3 is 2.84 bits per heavy atom. The van der Waals surface area contributed by atoms with Crippen molar-refractivity contribution in [2.45, 2.75) is 18.9 Å². The molecule has 2 bridgehead atoms. The first-order valence-corrected chi connectivity index (χ1v) is 7.59. The Morgan fingerprint density at radius 2 is 2.11 bits per heavy atom. The molecule has 1 aliphatic heterocycles. The topological polar surface area (TPSA) is 54.2 Å². The molecule has 100 valence electrons. The van der Waals surface area contributed by atoms with Crippen molar-refractivity contribution >= 4 is 27.5 Å². The van der Waals surface area contributed by atoms with Crippen LogP contribution in [-0.2, 0) is 0 Å². The third-order valence-electron chi connectivity index (χ3n) is 4.35. The highest BCUT2D eigenvalue weighted by Crippen LogP contribution is 2.35. The second-order valence-electron chi connectivity index (χ2n) is 5.49. The van der Waals surface area contributed by atoms with Crippen LogP contribution in [-0.4, -0.2) is 33.7 Å². The van der Waals surface area contributed by atoms with Gasteiger partial charge in [0.1, 0.15) is 0 Å². The molecule has 1 aliphatic carbocycles. The lowest BCUT2D eigenvalue weighted by Gasteiger charge is -2.30. The quantitative estimate of drug-likeness (QED) is 0.887. The SMILES string of the molecule is Brc1cccn2nc(NC3C4CC[C@H]3CNC4)nc12. The summed E-state index contributed by atoms with van der Waals surface area (Å²) in [7, 11) is 0. The maximum Gasteiger partial charge on any atom is 0.243 e. The number of nitrogens with one attached hydrogen (secondary N) is 2. The minimum absolute atomic E-state index is 0.525. The molecule has 2 aromatic heterocycles. The molecule has 6 heteroatoms. The van der Waals surface area contributed by atoms with Crippen LogP contribution in [0.5, 0.6) is 0 Å². The first kappa shape index (κ1) is 11.7. The van der Waals surface area contributed by atoms with E-state index in [1.165, 1.54) is 12.8 Å². The first-order chi connectivity index (χ1) is 9.31. The van der Waals surface area contributed by atoms with Crippen LogP contribution in [0.25, 0.3) is 5.65 Å². The summed E-state index contributed by atoms with van der Waals surface area (Å²) in [5.74, 6) is 2.18. The van der Waals surface area contributed by atoms with Crippen LogP contribution in [0.15, 0.2) is 22.8 Å². The molecule has 1 saturated heterocycles. The van der Waals surface area contributed by atoms with Gasteiger partial charge >= 0.3 is 0 Å². The number of hydrogen-bond acceptors (Lipinski definition) is 4. The van der Waals surface area contributed by atoms with Crippen LogP contribution in [0.4, 0.5) is 5.95 Å². The molecule has 0 amide bonds. The maximum atomic E-state index is 4.58. The monoisotopic (exact) mass is 321 g/mol. The molecule has 5 nitrogen and oxygen atoms in total. The number of nitrogens with zero attached hydrogens (tertiary/aromatic N) is 3. The molecule has 2 unspecified atom stereocenters. The van der Waals surface area contributed by atoms with E-state index < -0.39 is 0 Å². The first-order valence-electron chi connectivity index (χ1n) is 6.79. The highest BCUT2D eigenvalue weighted by molar-refractivity contribution is 9.10. The fourth-order valence-electron chi connectivity index (χ4n) is 3.40. The molecule has 0 spiro atoms. The van der Waals surface area contributed by atoms with E-state index in [0.717, 1.165) is 29.2 Å². The van der Waals surface area contributed by atoms with Crippen molar-refractivity contribution in [3.63, 3.8) is 0 Å². The molecule has 3 heterocycles. The van der Waals surface area contributed by atoms with Gasteiger partial charge in [0.25, 0.3) is 0 Å². The zero-order chi connectivity index (χ0) is 12.8. The molecule has 0 aromatic carbocycles. The van der Waals surface area contributed by atoms with Crippen molar-refractivity contribution in [2.75, 3.05) is 18.4 Å². The van der Waals surface area contributed by atoms with Gasteiger partial charge in [-0.05, 0) is 65.8 Å². The van der Waals surface area contributed by atoms with E-state index in [1.54, 1.807) is 0 Å². The number of anilines is 1. The molecular formula is C13H16BrN5. The second kappa shape index (κ2) is 4.45. The summed E-state index contributed by atoms with van der Waals surface area (Å²) in [4.78, 5) is 4.58. The van der Waals surface area contributed by atoms with E-state index in [-0.39, 0.29) is 0 Å². The Labute approximate surface area is 119 Å². The third kappa shape index (κ3) is 1.94. The highest BCUT2D eigenvalue weighted by atomic mass is 79.9. The minimum atomic E-state index is 0.525. The Hall–Kier alpha value is -1.14. The van der Waals surface area contributed by atoms with Crippen molar-refractivity contribution in [1.29, 1.82) is 0 Å². The summed E-state index contributed by atoms with van der Waals surface area (Å²) in [6.07, 6.45) is 4.55. The van der Waals surface area contributed by atoms with Gasteiger partial charge < -0.3 is 10.6 Å².